The molecule has 4 rings (SSSR count). The van der Waals surface area contributed by atoms with Gasteiger partial charge in [-0.25, -0.2) is 4.98 Å². The minimum Gasteiger partial charge on any atom is -0.356 e. The number of hydrogen-bond donors (Lipinski definition) is 2. The van der Waals surface area contributed by atoms with Gasteiger partial charge in [-0.15, -0.1) is 24.0 Å². The summed E-state index contributed by atoms with van der Waals surface area (Å²) in [5.74, 6) is 2.63. The summed E-state index contributed by atoms with van der Waals surface area (Å²) in [5.41, 5.74) is 1.40. The van der Waals surface area contributed by atoms with E-state index in [0.717, 1.165) is 48.7 Å². The molecule has 1 saturated carbocycles. The van der Waals surface area contributed by atoms with Crippen LogP contribution in [-0.2, 0) is 0 Å². The number of pyridine rings is 1. The molecule has 1 aliphatic heterocycles. The van der Waals surface area contributed by atoms with Crippen molar-refractivity contribution in [1.82, 2.24) is 15.6 Å². The van der Waals surface area contributed by atoms with Gasteiger partial charge >= 0.3 is 0 Å². The molecule has 2 aromatic rings. The minimum atomic E-state index is 0. The van der Waals surface area contributed by atoms with Crippen LogP contribution in [0.15, 0.2) is 58.1 Å². The molecule has 2 unspecified atom stereocenters. The largest absolute Gasteiger partial charge is 0.356 e. The highest BCUT2D eigenvalue weighted by molar-refractivity contribution is 14.0. The predicted molar refractivity (Wildman–Crippen MR) is 134 cm³/mol. The summed E-state index contributed by atoms with van der Waals surface area (Å²) in [5, 5.41) is 7.31. The van der Waals surface area contributed by atoms with Gasteiger partial charge in [0.2, 0.25) is 0 Å². The lowest BCUT2D eigenvalue weighted by molar-refractivity contribution is 0.459. The van der Waals surface area contributed by atoms with Crippen molar-refractivity contribution in [3.05, 3.63) is 58.7 Å². The Morgan fingerprint density at radius 1 is 1.14 bits per heavy atom. The van der Waals surface area contributed by atoms with Gasteiger partial charge in [0.25, 0.3) is 0 Å². The zero-order valence-corrected chi connectivity index (χ0v) is 20.6. The monoisotopic (exact) mass is 569 g/mol. The van der Waals surface area contributed by atoms with Crippen LogP contribution in [0.4, 0.5) is 5.82 Å². The van der Waals surface area contributed by atoms with E-state index in [1.165, 1.54) is 12.0 Å². The van der Waals surface area contributed by atoms with Crippen LogP contribution in [-0.4, -0.2) is 42.7 Å². The van der Waals surface area contributed by atoms with Crippen LogP contribution in [0.5, 0.6) is 0 Å². The molecule has 2 N–H and O–H groups in total. The molecule has 1 aliphatic carbocycles. The number of hydrogen-bond acceptors (Lipinski definition) is 3. The highest BCUT2D eigenvalue weighted by Gasteiger charge is 2.39. The van der Waals surface area contributed by atoms with Crippen molar-refractivity contribution in [2.75, 3.05) is 24.5 Å². The van der Waals surface area contributed by atoms with Crippen molar-refractivity contribution in [2.45, 2.75) is 44.2 Å². The second-order valence-corrected chi connectivity index (χ2v) is 8.48. The average molecular weight is 570 g/mol. The third-order valence-electron chi connectivity index (χ3n) is 5.54. The van der Waals surface area contributed by atoms with E-state index in [1.54, 1.807) is 0 Å². The number of aliphatic imine (C=N–C) groups is 1. The predicted octanol–water partition coefficient (Wildman–Crippen LogP) is 4.54. The molecule has 1 saturated heterocycles. The van der Waals surface area contributed by atoms with Crippen LogP contribution in [0.25, 0.3) is 0 Å². The Morgan fingerprint density at radius 3 is 2.55 bits per heavy atom. The Bertz CT molecular complexity index is 791. The van der Waals surface area contributed by atoms with Crippen LogP contribution in [0.2, 0.25) is 0 Å². The highest BCUT2D eigenvalue weighted by Crippen LogP contribution is 2.41. The number of nitrogens with zero attached hydrogens (tertiary/aromatic N) is 3. The number of aromatic nitrogens is 1. The minimum absolute atomic E-state index is 0. The van der Waals surface area contributed by atoms with Crippen LogP contribution >= 0.6 is 39.9 Å². The fraction of sp³-hybridized carbons (Fsp3) is 0.455. The molecular weight excluding hydrogens is 541 g/mol. The van der Waals surface area contributed by atoms with Gasteiger partial charge in [-0.05, 0) is 56.0 Å². The maximum absolute atomic E-state index is 4.68. The molecule has 0 radical (unpaired) electrons. The molecule has 1 aromatic carbocycles. The number of guanidine groups is 1. The zero-order valence-electron chi connectivity index (χ0n) is 16.7. The van der Waals surface area contributed by atoms with Gasteiger partial charge in [0, 0.05) is 48.3 Å². The van der Waals surface area contributed by atoms with Crippen molar-refractivity contribution in [3.8, 4) is 0 Å². The van der Waals surface area contributed by atoms with E-state index in [1.807, 2.05) is 12.3 Å². The molecule has 7 heteroatoms. The van der Waals surface area contributed by atoms with E-state index in [2.05, 4.69) is 84.8 Å². The van der Waals surface area contributed by atoms with E-state index in [9.17, 15) is 0 Å². The van der Waals surface area contributed by atoms with Crippen molar-refractivity contribution in [1.29, 1.82) is 0 Å². The maximum Gasteiger partial charge on any atom is 0.191 e. The number of nitrogens with one attached hydrogen (secondary N) is 2. The first-order valence-electron chi connectivity index (χ1n) is 10.2. The first-order valence-corrected chi connectivity index (χ1v) is 11.0. The smallest absolute Gasteiger partial charge is 0.191 e. The topological polar surface area (TPSA) is 52.6 Å². The number of anilines is 1. The normalized spacial score (nSPS) is 22.0. The van der Waals surface area contributed by atoms with E-state index < -0.39 is 0 Å². The lowest BCUT2D eigenvalue weighted by Crippen LogP contribution is -2.49. The Kier molecular flexibility index (Phi) is 8.17. The van der Waals surface area contributed by atoms with Crippen LogP contribution in [0, 0.1) is 0 Å². The SMILES string of the molecule is CCN=C(NC1CCN(c2ccccn2)CC1)NC1CC1c1ccc(Br)cc1.I. The van der Waals surface area contributed by atoms with E-state index >= 15 is 0 Å². The van der Waals surface area contributed by atoms with Gasteiger partial charge in [-0.1, -0.05) is 34.1 Å². The lowest BCUT2D eigenvalue weighted by Gasteiger charge is -2.33. The number of rotatable bonds is 5. The molecule has 2 fully saturated rings. The van der Waals surface area contributed by atoms with Crippen LogP contribution < -0.4 is 15.5 Å². The second-order valence-electron chi connectivity index (χ2n) is 7.56. The maximum atomic E-state index is 4.68. The number of piperidine rings is 1. The van der Waals surface area contributed by atoms with Crippen molar-refractivity contribution in [3.63, 3.8) is 0 Å². The molecule has 29 heavy (non-hydrogen) atoms. The summed E-state index contributed by atoms with van der Waals surface area (Å²) >= 11 is 3.51. The fourth-order valence-electron chi connectivity index (χ4n) is 3.89. The molecule has 2 aliphatic rings. The first-order chi connectivity index (χ1) is 13.7. The van der Waals surface area contributed by atoms with Crippen LogP contribution in [0.1, 0.15) is 37.7 Å². The highest BCUT2D eigenvalue weighted by atomic mass is 127. The van der Waals surface area contributed by atoms with Gasteiger partial charge in [0.15, 0.2) is 5.96 Å². The summed E-state index contributed by atoms with van der Waals surface area (Å²) in [4.78, 5) is 11.5. The van der Waals surface area contributed by atoms with Crippen molar-refractivity contribution in [2.24, 2.45) is 4.99 Å². The molecule has 1 aromatic heterocycles. The molecule has 5 nitrogen and oxygen atoms in total. The second kappa shape index (κ2) is 10.6. The molecule has 0 spiro atoms. The summed E-state index contributed by atoms with van der Waals surface area (Å²) < 4.78 is 1.13. The lowest BCUT2D eigenvalue weighted by atomic mass is 10.1. The van der Waals surface area contributed by atoms with Gasteiger partial charge in [0.05, 0.1) is 0 Å². The van der Waals surface area contributed by atoms with Crippen molar-refractivity contribution >= 4 is 51.7 Å². The fourth-order valence-corrected chi connectivity index (χ4v) is 4.15. The van der Waals surface area contributed by atoms with Gasteiger partial charge in [0.1, 0.15) is 5.82 Å². The van der Waals surface area contributed by atoms with Gasteiger partial charge in [-0.2, -0.15) is 0 Å². The van der Waals surface area contributed by atoms with Gasteiger partial charge < -0.3 is 15.5 Å². The van der Waals surface area contributed by atoms with E-state index in [-0.39, 0.29) is 24.0 Å². The van der Waals surface area contributed by atoms with Crippen LogP contribution in [0.3, 0.4) is 0 Å². The molecule has 2 atom stereocenters. The third kappa shape index (κ3) is 6.07. The third-order valence-corrected chi connectivity index (χ3v) is 6.06. The Morgan fingerprint density at radius 2 is 1.90 bits per heavy atom. The first kappa shape index (κ1) is 22.3. The summed E-state index contributed by atoms with van der Waals surface area (Å²) in [6.45, 7) is 4.93. The van der Waals surface area contributed by atoms with Gasteiger partial charge in [-0.3, -0.25) is 4.99 Å². The number of benzene rings is 1. The molecule has 156 valence electrons. The van der Waals surface area contributed by atoms with E-state index in [4.69, 9.17) is 0 Å². The molecule has 0 amide bonds. The quantitative estimate of drug-likeness (QED) is 0.315. The van der Waals surface area contributed by atoms with E-state index in [0.29, 0.717) is 18.0 Å². The standard InChI is InChI=1S/C22H28BrN5.HI/c1-2-24-22(27-20-15-19(20)16-6-8-17(23)9-7-16)26-18-10-13-28(14-11-18)21-5-3-4-12-25-21;/h3-9,12,18-20H,2,10-11,13-15H2,1H3,(H2,24,26,27);1H. The Balaban J connectivity index is 0.00000240. The van der Waals surface area contributed by atoms with Crippen molar-refractivity contribution < 1.29 is 0 Å². The summed E-state index contributed by atoms with van der Waals surface area (Å²) in [6, 6.07) is 15.7. The Labute approximate surface area is 198 Å². The molecule has 2 heterocycles. The average Bonchev–Trinajstić information content (AvgIpc) is 3.49. The Hall–Kier alpha value is -1.35. The zero-order chi connectivity index (χ0) is 19.3. The summed E-state index contributed by atoms with van der Waals surface area (Å²) in [7, 11) is 0. The number of halogens is 2. The molecule has 0 bridgehead atoms. The summed E-state index contributed by atoms with van der Waals surface area (Å²) in [6.07, 6.45) is 5.24. The molecular formula is C22H29BrIN5.